The van der Waals surface area contributed by atoms with Crippen molar-refractivity contribution in [2.45, 2.75) is 50.7 Å². The summed E-state index contributed by atoms with van der Waals surface area (Å²) in [5.74, 6) is -0.138. The molecule has 1 fully saturated rings. The Balaban J connectivity index is 1.81. The van der Waals surface area contributed by atoms with Crippen LogP contribution in [0.2, 0.25) is 0 Å². The average Bonchev–Trinajstić information content (AvgIpc) is 3.06. The minimum absolute atomic E-state index is 0.138. The smallest absolute Gasteiger partial charge is 0.242 e. The van der Waals surface area contributed by atoms with Gasteiger partial charge in [0.2, 0.25) is 5.91 Å². The first-order chi connectivity index (χ1) is 10.2. The minimum atomic E-state index is -0.937. The lowest BCUT2D eigenvalue weighted by Gasteiger charge is -2.27. The van der Waals surface area contributed by atoms with Gasteiger partial charge in [-0.2, -0.15) is 0 Å². The predicted molar refractivity (Wildman–Crippen MR) is 79.6 cm³/mol. The van der Waals surface area contributed by atoms with Crippen molar-refractivity contribution >= 4 is 5.91 Å². The van der Waals surface area contributed by atoms with Crippen molar-refractivity contribution in [3.8, 4) is 0 Å². The summed E-state index contributed by atoms with van der Waals surface area (Å²) in [5.41, 5.74) is 8.99. The zero-order valence-corrected chi connectivity index (χ0v) is 12.3. The number of fused-ring (bicyclic) bond motifs is 1. The van der Waals surface area contributed by atoms with Crippen LogP contribution < -0.4 is 5.73 Å². The summed E-state index contributed by atoms with van der Waals surface area (Å²) < 4.78 is 0. The van der Waals surface area contributed by atoms with E-state index in [1.807, 2.05) is 6.07 Å². The molecule has 0 unspecified atom stereocenters. The second kappa shape index (κ2) is 6.12. The van der Waals surface area contributed by atoms with Crippen LogP contribution in [0.3, 0.4) is 0 Å². The maximum absolute atomic E-state index is 12.4. The molecular formula is C16H23N3O2. The molecule has 1 aromatic heterocycles. The van der Waals surface area contributed by atoms with Gasteiger partial charge in [-0.3, -0.25) is 9.78 Å². The Morgan fingerprint density at radius 1 is 1.24 bits per heavy atom. The summed E-state index contributed by atoms with van der Waals surface area (Å²) in [6, 6.07) is 0.933. The third kappa shape index (κ3) is 2.80. The molecule has 0 saturated carbocycles. The third-order valence-electron chi connectivity index (χ3n) is 4.63. The van der Waals surface area contributed by atoms with E-state index in [9.17, 15) is 9.90 Å². The number of carbonyl (C=O) groups is 1. The molecule has 5 nitrogen and oxygen atoms in total. The largest absolute Gasteiger partial charge is 0.386 e. The molecule has 0 radical (unpaired) electrons. The zero-order valence-electron chi connectivity index (χ0n) is 12.3. The first-order valence-electron chi connectivity index (χ1n) is 7.87. The SMILES string of the molecule is N[C@@H](C(=O)N1CCCC1)[C@@H](O)c1ccnc2c1CCCC2. The fourth-order valence-electron chi connectivity index (χ4n) is 3.40. The van der Waals surface area contributed by atoms with Crippen molar-refractivity contribution in [2.24, 2.45) is 5.73 Å². The number of hydrogen-bond acceptors (Lipinski definition) is 4. The highest BCUT2D eigenvalue weighted by Crippen LogP contribution is 2.28. The Hall–Kier alpha value is -1.46. The predicted octanol–water partition coefficient (Wildman–Crippen LogP) is 0.943. The lowest BCUT2D eigenvalue weighted by Crippen LogP contribution is -2.46. The maximum atomic E-state index is 12.4. The normalized spacial score (nSPS) is 21.0. The summed E-state index contributed by atoms with van der Waals surface area (Å²) in [7, 11) is 0. The molecule has 1 amide bonds. The van der Waals surface area contributed by atoms with Gasteiger partial charge in [-0.05, 0) is 55.7 Å². The van der Waals surface area contributed by atoms with Gasteiger partial charge in [0.05, 0.1) is 0 Å². The standard InChI is InChI=1S/C16H23N3O2/c17-14(16(21)19-9-3-4-10-19)15(20)12-7-8-18-13-6-2-1-5-11(12)13/h7-8,14-15,20H,1-6,9-10,17H2/t14-,15+/m1/s1. The Morgan fingerprint density at radius 2 is 1.95 bits per heavy atom. The van der Waals surface area contributed by atoms with Gasteiger partial charge >= 0.3 is 0 Å². The van der Waals surface area contributed by atoms with Crippen LogP contribution >= 0.6 is 0 Å². The van der Waals surface area contributed by atoms with Crippen molar-refractivity contribution in [3.63, 3.8) is 0 Å². The minimum Gasteiger partial charge on any atom is -0.386 e. The van der Waals surface area contributed by atoms with Crippen molar-refractivity contribution < 1.29 is 9.90 Å². The first kappa shape index (κ1) is 14.5. The van der Waals surface area contributed by atoms with Gasteiger partial charge in [-0.1, -0.05) is 0 Å². The van der Waals surface area contributed by atoms with Gasteiger partial charge in [0.1, 0.15) is 12.1 Å². The zero-order chi connectivity index (χ0) is 14.8. The molecule has 21 heavy (non-hydrogen) atoms. The first-order valence-corrected chi connectivity index (χ1v) is 7.87. The summed E-state index contributed by atoms with van der Waals surface area (Å²) in [6.07, 6.45) is 6.94. The van der Waals surface area contributed by atoms with Gasteiger partial charge in [-0.15, -0.1) is 0 Å². The highest BCUT2D eigenvalue weighted by atomic mass is 16.3. The number of carbonyl (C=O) groups excluding carboxylic acids is 1. The van der Waals surface area contributed by atoms with Gasteiger partial charge in [-0.25, -0.2) is 0 Å². The molecule has 0 aromatic carbocycles. The Labute approximate surface area is 125 Å². The van der Waals surface area contributed by atoms with Gasteiger partial charge in [0, 0.05) is 25.0 Å². The van der Waals surface area contributed by atoms with Crippen LogP contribution in [0.5, 0.6) is 0 Å². The van der Waals surface area contributed by atoms with Crippen molar-refractivity contribution in [1.82, 2.24) is 9.88 Å². The van der Waals surface area contributed by atoms with E-state index in [0.717, 1.165) is 68.4 Å². The highest BCUT2D eigenvalue weighted by Gasteiger charge is 2.31. The topological polar surface area (TPSA) is 79.5 Å². The van der Waals surface area contributed by atoms with Crippen LogP contribution in [0, 0.1) is 0 Å². The summed E-state index contributed by atoms with van der Waals surface area (Å²) in [6.45, 7) is 1.52. The number of pyridine rings is 1. The molecule has 0 spiro atoms. The number of nitrogens with zero attached hydrogens (tertiary/aromatic N) is 2. The quantitative estimate of drug-likeness (QED) is 0.868. The number of aromatic nitrogens is 1. The third-order valence-corrected chi connectivity index (χ3v) is 4.63. The fraction of sp³-hybridized carbons (Fsp3) is 0.625. The molecule has 5 heteroatoms. The van der Waals surface area contributed by atoms with E-state index in [1.165, 1.54) is 0 Å². The van der Waals surface area contributed by atoms with Crippen LogP contribution in [0.4, 0.5) is 0 Å². The second-order valence-corrected chi connectivity index (χ2v) is 6.04. The highest BCUT2D eigenvalue weighted by molar-refractivity contribution is 5.82. The van der Waals surface area contributed by atoms with E-state index in [0.29, 0.717) is 0 Å². The summed E-state index contributed by atoms with van der Waals surface area (Å²) >= 11 is 0. The molecule has 1 aliphatic carbocycles. The number of aliphatic hydroxyl groups is 1. The molecule has 0 bridgehead atoms. The van der Waals surface area contributed by atoms with Crippen molar-refractivity contribution in [1.29, 1.82) is 0 Å². The number of aliphatic hydroxyl groups excluding tert-OH is 1. The Kier molecular flexibility index (Phi) is 4.22. The van der Waals surface area contributed by atoms with Crippen LogP contribution in [-0.2, 0) is 17.6 Å². The van der Waals surface area contributed by atoms with Gasteiger partial charge in [0.15, 0.2) is 0 Å². The molecule has 3 N–H and O–H groups in total. The van der Waals surface area contributed by atoms with E-state index in [1.54, 1.807) is 11.1 Å². The Bertz CT molecular complexity index is 526. The number of aryl methyl sites for hydroxylation is 1. The maximum Gasteiger partial charge on any atom is 0.242 e. The lowest BCUT2D eigenvalue weighted by atomic mass is 9.88. The van der Waals surface area contributed by atoms with Gasteiger partial charge < -0.3 is 15.7 Å². The van der Waals surface area contributed by atoms with E-state index in [2.05, 4.69) is 4.98 Å². The Morgan fingerprint density at radius 3 is 2.71 bits per heavy atom. The van der Waals surface area contributed by atoms with Crippen LogP contribution in [0.15, 0.2) is 12.3 Å². The summed E-state index contributed by atoms with van der Waals surface area (Å²) in [4.78, 5) is 18.5. The number of likely N-dealkylation sites (tertiary alicyclic amines) is 1. The molecular weight excluding hydrogens is 266 g/mol. The van der Waals surface area contributed by atoms with E-state index >= 15 is 0 Å². The van der Waals surface area contributed by atoms with Crippen LogP contribution in [-0.4, -0.2) is 40.0 Å². The van der Waals surface area contributed by atoms with E-state index in [-0.39, 0.29) is 5.91 Å². The second-order valence-electron chi connectivity index (χ2n) is 6.04. The number of hydrogen-bond donors (Lipinski definition) is 2. The van der Waals surface area contributed by atoms with Crippen LogP contribution in [0.25, 0.3) is 0 Å². The molecule has 2 aliphatic rings. The fourth-order valence-corrected chi connectivity index (χ4v) is 3.40. The van der Waals surface area contributed by atoms with E-state index < -0.39 is 12.1 Å². The summed E-state index contributed by atoms with van der Waals surface area (Å²) in [5, 5.41) is 10.6. The van der Waals surface area contributed by atoms with Gasteiger partial charge in [0.25, 0.3) is 0 Å². The molecule has 114 valence electrons. The lowest BCUT2D eigenvalue weighted by molar-refractivity contribution is -0.134. The molecule has 1 saturated heterocycles. The van der Waals surface area contributed by atoms with E-state index in [4.69, 9.17) is 5.73 Å². The van der Waals surface area contributed by atoms with Crippen LogP contribution in [0.1, 0.15) is 48.6 Å². The number of nitrogens with two attached hydrogens (primary N) is 1. The van der Waals surface area contributed by atoms with Crippen molar-refractivity contribution in [2.75, 3.05) is 13.1 Å². The molecule has 2 atom stereocenters. The average molecular weight is 289 g/mol. The monoisotopic (exact) mass is 289 g/mol. The van der Waals surface area contributed by atoms with Crippen molar-refractivity contribution in [3.05, 3.63) is 29.1 Å². The number of rotatable bonds is 3. The molecule has 1 aromatic rings. The molecule has 2 heterocycles. The molecule has 1 aliphatic heterocycles. The molecule has 3 rings (SSSR count). The number of amides is 1.